The summed E-state index contributed by atoms with van der Waals surface area (Å²) in [7, 11) is 0. The van der Waals surface area contributed by atoms with E-state index in [9.17, 15) is 9.18 Å². The predicted molar refractivity (Wildman–Crippen MR) is 133 cm³/mol. The first kappa shape index (κ1) is 21.1. The van der Waals surface area contributed by atoms with Crippen molar-refractivity contribution in [1.82, 2.24) is 9.66 Å². The van der Waals surface area contributed by atoms with Gasteiger partial charge in [-0.15, -0.1) is 0 Å². The standard InChI is InChI=1S/C27H15ClFN3O3/c28-18-7-11-24-17(13-18)14-25(35-24)26-31-22-4-2-1-3-21(22)27(33)32(26)30-15-20-10-12-23(34-20)16-5-8-19(29)9-6-16/h1-15H. The normalized spacial score (nSPS) is 11.7. The molecule has 3 aromatic heterocycles. The Morgan fingerprint density at radius 3 is 2.60 bits per heavy atom. The largest absolute Gasteiger partial charge is 0.455 e. The lowest BCUT2D eigenvalue weighted by Gasteiger charge is -2.06. The van der Waals surface area contributed by atoms with Crippen molar-refractivity contribution in [2.75, 3.05) is 0 Å². The monoisotopic (exact) mass is 483 g/mol. The molecular formula is C27H15ClFN3O3. The predicted octanol–water partition coefficient (Wildman–Crippen LogP) is 6.74. The molecule has 0 saturated heterocycles. The first-order valence-electron chi connectivity index (χ1n) is 10.7. The van der Waals surface area contributed by atoms with Crippen LogP contribution in [0.5, 0.6) is 0 Å². The van der Waals surface area contributed by atoms with Crippen LogP contribution in [0.2, 0.25) is 5.02 Å². The molecule has 0 aliphatic carbocycles. The van der Waals surface area contributed by atoms with E-state index >= 15 is 0 Å². The maximum Gasteiger partial charge on any atom is 0.282 e. The molecule has 0 fully saturated rings. The summed E-state index contributed by atoms with van der Waals surface area (Å²) in [6, 6.07) is 23.5. The highest BCUT2D eigenvalue weighted by atomic mass is 35.5. The van der Waals surface area contributed by atoms with Crippen LogP contribution >= 0.6 is 11.6 Å². The highest BCUT2D eigenvalue weighted by molar-refractivity contribution is 6.31. The van der Waals surface area contributed by atoms with Gasteiger partial charge in [0.1, 0.15) is 22.9 Å². The number of para-hydroxylation sites is 1. The molecule has 6 rings (SSSR count). The Bertz CT molecular complexity index is 1800. The maximum absolute atomic E-state index is 13.4. The van der Waals surface area contributed by atoms with Gasteiger partial charge in [-0.2, -0.15) is 9.78 Å². The Morgan fingerprint density at radius 1 is 0.914 bits per heavy atom. The van der Waals surface area contributed by atoms with E-state index in [4.69, 9.17) is 20.4 Å². The lowest BCUT2D eigenvalue weighted by atomic mass is 10.2. The van der Waals surface area contributed by atoms with Gasteiger partial charge in [0.25, 0.3) is 5.56 Å². The van der Waals surface area contributed by atoms with Gasteiger partial charge in [-0.05, 0) is 72.8 Å². The van der Waals surface area contributed by atoms with E-state index in [1.165, 1.54) is 23.0 Å². The summed E-state index contributed by atoms with van der Waals surface area (Å²) in [6.07, 6.45) is 1.42. The number of furan rings is 2. The van der Waals surface area contributed by atoms with Crippen molar-refractivity contribution in [3.63, 3.8) is 0 Å². The summed E-state index contributed by atoms with van der Waals surface area (Å²) in [6.45, 7) is 0. The molecular weight excluding hydrogens is 469 g/mol. The first-order valence-corrected chi connectivity index (χ1v) is 11.0. The van der Waals surface area contributed by atoms with Crippen molar-refractivity contribution in [3.8, 4) is 22.9 Å². The second-order valence-electron chi connectivity index (χ2n) is 7.82. The van der Waals surface area contributed by atoms with Gasteiger partial charge in [0.15, 0.2) is 5.76 Å². The summed E-state index contributed by atoms with van der Waals surface area (Å²) in [5.41, 5.74) is 1.49. The molecule has 0 bridgehead atoms. The van der Waals surface area contributed by atoms with Crippen LogP contribution in [-0.4, -0.2) is 15.9 Å². The average molecular weight is 484 g/mol. The van der Waals surface area contributed by atoms with Gasteiger partial charge < -0.3 is 8.83 Å². The zero-order valence-electron chi connectivity index (χ0n) is 18.0. The molecule has 0 atom stereocenters. The summed E-state index contributed by atoms with van der Waals surface area (Å²) >= 11 is 6.12. The molecule has 170 valence electrons. The van der Waals surface area contributed by atoms with Crippen molar-refractivity contribution in [3.05, 3.63) is 112 Å². The second-order valence-corrected chi connectivity index (χ2v) is 8.25. The Hall–Kier alpha value is -4.49. The number of hydrogen-bond donors (Lipinski definition) is 0. The molecule has 3 aromatic carbocycles. The Kier molecular flexibility index (Phi) is 5.04. The Morgan fingerprint density at radius 2 is 1.74 bits per heavy atom. The third kappa shape index (κ3) is 3.92. The highest BCUT2D eigenvalue weighted by Gasteiger charge is 2.17. The van der Waals surface area contributed by atoms with Crippen molar-refractivity contribution in [1.29, 1.82) is 0 Å². The fourth-order valence-corrected chi connectivity index (χ4v) is 4.00. The van der Waals surface area contributed by atoms with Gasteiger partial charge in [-0.3, -0.25) is 4.79 Å². The van der Waals surface area contributed by atoms with Crippen molar-refractivity contribution < 1.29 is 13.2 Å². The zero-order chi connectivity index (χ0) is 23.9. The highest BCUT2D eigenvalue weighted by Crippen LogP contribution is 2.29. The molecule has 0 radical (unpaired) electrons. The van der Waals surface area contributed by atoms with Crippen LogP contribution in [0.4, 0.5) is 4.39 Å². The first-order chi connectivity index (χ1) is 17.0. The summed E-state index contributed by atoms with van der Waals surface area (Å²) in [4.78, 5) is 18.0. The van der Waals surface area contributed by atoms with E-state index in [1.807, 2.05) is 6.07 Å². The molecule has 6 nitrogen and oxygen atoms in total. The van der Waals surface area contributed by atoms with E-state index in [2.05, 4.69) is 10.1 Å². The van der Waals surface area contributed by atoms with E-state index in [1.54, 1.807) is 66.7 Å². The molecule has 3 heterocycles. The fourth-order valence-electron chi connectivity index (χ4n) is 3.82. The molecule has 35 heavy (non-hydrogen) atoms. The summed E-state index contributed by atoms with van der Waals surface area (Å²) in [5, 5.41) is 6.15. The molecule has 6 aromatic rings. The minimum Gasteiger partial charge on any atom is -0.455 e. The quantitative estimate of drug-likeness (QED) is 0.260. The van der Waals surface area contributed by atoms with Crippen LogP contribution in [0.25, 0.3) is 44.8 Å². The lowest BCUT2D eigenvalue weighted by Crippen LogP contribution is -2.20. The number of rotatable bonds is 4. The third-order valence-corrected chi connectivity index (χ3v) is 5.74. The Labute approximate surface area is 202 Å². The number of benzene rings is 3. The fraction of sp³-hybridized carbons (Fsp3) is 0. The average Bonchev–Trinajstić information content (AvgIpc) is 3.51. The summed E-state index contributed by atoms with van der Waals surface area (Å²) < 4.78 is 26.2. The topological polar surface area (TPSA) is 73.5 Å². The number of nitrogens with zero attached hydrogens (tertiary/aromatic N) is 3. The van der Waals surface area contributed by atoms with E-state index in [0.29, 0.717) is 38.8 Å². The van der Waals surface area contributed by atoms with E-state index in [0.717, 1.165) is 10.9 Å². The minimum atomic E-state index is -0.356. The van der Waals surface area contributed by atoms with Crippen LogP contribution in [0.3, 0.4) is 0 Å². The van der Waals surface area contributed by atoms with Gasteiger partial charge in [-0.25, -0.2) is 9.37 Å². The number of aromatic nitrogens is 2. The van der Waals surface area contributed by atoms with Gasteiger partial charge in [0.2, 0.25) is 5.82 Å². The van der Waals surface area contributed by atoms with E-state index in [-0.39, 0.29) is 17.2 Å². The van der Waals surface area contributed by atoms with Gasteiger partial charge in [0.05, 0.1) is 17.1 Å². The van der Waals surface area contributed by atoms with Crippen LogP contribution in [0.1, 0.15) is 5.76 Å². The molecule has 0 amide bonds. The van der Waals surface area contributed by atoms with Gasteiger partial charge in [0, 0.05) is 16.0 Å². The number of fused-ring (bicyclic) bond motifs is 2. The maximum atomic E-state index is 13.4. The van der Waals surface area contributed by atoms with Crippen molar-refractivity contribution in [2.24, 2.45) is 5.10 Å². The molecule has 0 spiro atoms. The smallest absolute Gasteiger partial charge is 0.282 e. The van der Waals surface area contributed by atoms with E-state index < -0.39 is 0 Å². The molecule has 0 saturated carbocycles. The van der Waals surface area contributed by atoms with Crippen LogP contribution in [-0.2, 0) is 0 Å². The van der Waals surface area contributed by atoms with Crippen LogP contribution in [0.15, 0.2) is 104 Å². The zero-order valence-corrected chi connectivity index (χ0v) is 18.7. The summed E-state index contributed by atoms with van der Waals surface area (Å²) in [5.74, 6) is 1.23. The SMILES string of the molecule is O=c1c2ccccc2nc(-c2cc3cc(Cl)ccc3o2)n1N=Cc1ccc(-c2ccc(F)cc2)o1. The van der Waals surface area contributed by atoms with Crippen molar-refractivity contribution in [2.45, 2.75) is 0 Å². The number of hydrogen-bond acceptors (Lipinski definition) is 5. The molecule has 0 aliphatic rings. The third-order valence-electron chi connectivity index (χ3n) is 5.51. The second kappa shape index (κ2) is 8.38. The Balaban J connectivity index is 1.46. The molecule has 0 N–H and O–H groups in total. The minimum absolute atomic E-state index is 0.239. The molecule has 8 heteroatoms. The van der Waals surface area contributed by atoms with Crippen LogP contribution < -0.4 is 5.56 Å². The van der Waals surface area contributed by atoms with Crippen molar-refractivity contribution >= 4 is 39.7 Å². The van der Waals surface area contributed by atoms with Gasteiger partial charge >= 0.3 is 0 Å². The lowest BCUT2D eigenvalue weighted by molar-refractivity contribution is 0.573. The molecule has 0 unspecified atom stereocenters. The van der Waals surface area contributed by atoms with Gasteiger partial charge in [-0.1, -0.05) is 23.7 Å². The van der Waals surface area contributed by atoms with Crippen LogP contribution in [0, 0.1) is 5.82 Å². The molecule has 0 aliphatic heterocycles. The number of halogens is 2.